The molecule has 1 aliphatic rings. The lowest BCUT2D eigenvalue weighted by molar-refractivity contribution is -0.143. The molecule has 2 rings (SSSR count). The first-order valence-electron chi connectivity index (χ1n) is 6.76. The van der Waals surface area contributed by atoms with Crippen LogP contribution in [-0.2, 0) is 27.2 Å². The molecule has 21 heavy (non-hydrogen) atoms. The van der Waals surface area contributed by atoms with Crippen LogP contribution in [0.1, 0.15) is 35.3 Å². The highest BCUT2D eigenvalue weighted by atomic mass is 32.1. The summed E-state index contributed by atoms with van der Waals surface area (Å²) in [6, 6.07) is 2.17. The number of carboxylic acid groups (broad SMARTS) is 1. The van der Waals surface area contributed by atoms with Crippen LogP contribution in [0.3, 0.4) is 0 Å². The number of nitrogens with one attached hydrogen (secondary N) is 1. The van der Waals surface area contributed by atoms with E-state index < -0.39 is 18.5 Å². The summed E-state index contributed by atoms with van der Waals surface area (Å²) in [5.41, 5.74) is 1.60. The highest BCUT2D eigenvalue weighted by molar-refractivity contribution is 7.16. The third kappa shape index (κ3) is 4.03. The number of hydrogen-bond donors (Lipinski definition) is 2. The fourth-order valence-electron chi connectivity index (χ4n) is 2.34. The van der Waals surface area contributed by atoms with Gasteiger partial charge < -0.3 is 15.2 Å². The molecule has 1 aliphatic carbocycles. The van der Waals surface area contributed by atoms with E-state index in [0.717, 1.165) is 37.7 Å². The molecule has 1 aromatic heterocycles. The number of aliphatic carboxylic acids is 1. The van der Waals surface area contributed by atoms with Crippen molar-refractivity contribution in [1.82, 2.24) is 0 Å². The fourth-order valence-corrected chi connectivity index (χ4v) is 3.60. The standard InChI is InChI=1S/C14H16N2O4S/c15-6-10-9-4-2-1-3-5-11(9)21-14(10)16-12(17)7-20-8-13(18)19/h1-5,7-8H2,(H,16,17)(H,18,19). The highest BCUT2D eigenvalue weighted by Gasteiger charge is 2.20. The molecule has 7 heteroatoms. The molecular weight excluding hydrogens is 292 g/mol. The first-order chi connectivity index (χ1) is 10.1. The van der Waals surface area contributed by atoms with Crippen molar-refractivity contribution >= 4 is 28.2 Å². The second-order valence-corrected chi connectivity index (χ2v) is 5.92. The summed E-state index contributed by atoms with van der Waals surface area (Å²) >= 11 is 1.44. The number of carboxylic acids is 1. The Morgan fingerprint density at radius 1 is 1.29 bits per heavy atom. The summed E-state index contributed by atoms with van der Waals surface area (Å²) in [7, 11) is 0. The van der Waals surface area contributed by atoms with Crippen LogP contribution in [0.25, 0.3) is 0 Å². The second-order valence-electron chi connectivity index (χ2n) is 4.82. The molecule has 1 aromatic rings. The van der Waals surface area contributed by atoms with Crippen molar-refractivity contribution in [1.29, 1.82) is 5.26 Å². The Hall–Kier alpha value is -1.91. The SMILES string of the molecule is N#Cc1c(NC(=O)COCC(=O)O)sc2c1CCCCC2. The summed E-state index contributed by atoms with van der Waals surface area (Å²) in [4.78, 5) is 23.2. The van der Waals surface area contributed by atoms with Crippen LogP contribution in [-0.4, -0.2) is 30.2 Å². The molecule has 0 fully saturated rings. The fraction of sp³-hybridized carbons (Fsp3) is 0.500. The number of fused-ring (bicyclic) bond motifs is 1. The average molecular weight is 308 g/mol. The number of nitrogens with zero attached hydrogens (tertiary/aromatic N) is 1. The zero-order valence-corrected chi connectivity index (χ0v) is 12.3. The van der Waals surface area contributed by atoms with Gasteiger partial charge in [0.25, 0.3) is 5.91 Å². The third-order valence-corrected chi connectivity index (χ3v) is 4.45. The van der Waals surface area contributed by atoms with Gasteiger partial charge in [0.05, 0.1) is 5.56 Å². The Labute approximate surface area is 126 Å². The number of carbonyl (C=O) groups excluding carboxylic acids is 1. The van der Waals surface area contributed by atoms with Crippen molar-refractivity contribution in [3.63, 3.8) is 0 Å². The van der Waals surface area contributed by atoms with Gasteiger partial charge in [-0.1, -0.05) is 6.42 Å². The van der Waals surface area contributed by atoms with Crippen LogP contribution >= 0.6 is 11.3 Å². The number of amides is 1. The first kappa shape index (κ1) is 15.5. The highest BCUT2D eigenvalue weighted by Crippen LogP contribution is 2.36. The Morgan fingerprint density at radius 3 is 2.76 bits per heavy atom. The number of aryl methyl sites for hydroxylation is 1. The van der Waals surface area contributed by atoms with Crippen LogP contribution in [0.5, 0.6) is 0 Å². The van der Waals surface area contributed by atoms with E-state index in [1.165, 1.54) is 16.2 Å². The summed E-state index contributed by atoms with van der Waals surface area (Å²) in [5.74, 6) is -1.56. The number of thiophene rings is 1. The lowest BCUT2D eigenvalue weighted by atomic mass is 10.1. The zero-order chi connectivity index (χ0) is 15.2. The topological polar surface area (TPSA) is 99.4 Å². The molecule has 0 unspecified atom stereocenters. The summed E-state index contributed by atoms with van der Waals surface area (Å²) < 4.78 is 4.73. The molecular formula is C14H16N2O4S. The Bertz CT molecular complexity index is 589. The molecule has 0 aromatic carbocycles. The van der Waals surface area contributed by atoms with E-state index in [1.54, 1.807) is 0 Å². The van der Waals surface area contributed by atoms with E-state index in [4.69, 9.17) is 9.84 Å². The predicted octanol–water partition coefficient (Wildman–Crippen LogP) is 1.93. The van der Waals surface area contributed by atoms with E-state index in [9.17, 15) is 14.9 Å². The van der Waals surface area contributed by atoms with Gasteiger partial charge in [-0.05, 0) is 31.2 Å². The van der Waals surface area contributed by atoms with Crippen LogP contribution in [0.2, 0.25) is 0 Å². The maximum Gasteiger partial charge on any atom is 0.329 e. The molecule has 112 valence electrons. The Kier molecular flexibility index (Phi) is 5.31. The van der Waals surface area contributed by atoms with Crippen molar-refractivity contribution in [2.24, 2.45) is 0 Å². The van der Waals surface area contributed by atoms with Crippen LogP contribution in [0.15, 0.2) is 0 Å². The van der Waals surface area contributed by atoms with E-state index in [0.29, 0.717) is 10.6 Å². The summed E-state index contributed by atoms with van der Waals surface area (Å²) in [5, 5.41) is 21.0. The molecule has 0 saturated heterocycles. The molecule has 1 amide bonds. The smallest absolute Gasteiger partial charge is 0.329 e. The molecule has 0 aliphatic heterocycles. The van der Waals surface area contributed by atoms with Crippen molar-refractivity contribution in [2.75, 3.05) is 18.5 Å². The maximum absolute atomic E-state index is 11.7. The van der Waals surface area contributed by atoms with Gasteiger partial charge in [-0.25, -0.2) is 4.79 Å². The van der Waals surface area contributed by atoms with Crippen LogP contribution < -0.4 is 5.32 Å². The number of carbonyl (C=O) groups is 2. The summed E-state index contributed by atoms with van der Waals surface area (Å²) in [6.45, 7) is -0.848. The minimum absolute atomic E-state index is 0.334. The van der Waals surface area contributed by atoms with Crippen molar-refractivity contribution in [3.8, 4) is 6.07 Å². The van der Waals surface area contributed by atoms with Crippen LogP contribution in [0, 0.1) is 11.3 Å². The van der Waals surface area contributed by atoms with Gasteiger partial charge >= 0.3 is 5.97 Å². The monoisotopic (exact) mass is 308 g/mol. The molecule has 0 bridgehead atoms. The molecule has 2 N–H and O–H groups in total. The van der Waals surface area contributed by atoms with Crippen molar-refractivity contribution < 1.29 is 19.4 Å². The molecule has 6 nitrogen and oxygen atoms in total. The van der Waals surface area contributed by atoms with Crippen molar-refractivity contribution in [2.45, 2.75) is 32.1 Å². The van der Waals surface area contributed by atoms with Gasteiger partial charge in [-0.3, -0.25) is 4.79 Å². The van der Waals surface area contributed by atoms with E-state index in [1.807, 2.05) is 0 Å². The summed E-state index contributed by atoms with van der Waals surface area (Å²) in [6.07, 6.45) is 5.15. The average Bonchev–Trinajstić information content (AvgIpc) is 2.59. The van der Waals surface area contributed by atoms with E-state index in [-0.39, 0.29) is 6.61 Å². The lowest BCUT2D eigenvalue weighted by Gasteiger charge is -2.04. The number of nitriles is 1. The van der Waals surface area contributed by atoms with Gasteiger partial charge in [-0.2, -0.15) is 5.26 Å². The number of hydrogen-bond acceptors (Lipinski definition) is 5. The third-order valence-electron chi connectivity index (χ3n) is 3.24. The largest absolute Gasteiger partial charge is 0.480 e. The van der Waals surface area contributed by atoms with Gasteiger partial charge in [0.1, 0.15) is 24.3 Å². The van der Waals surface area contributed by atoms with E-state index >= 15 is 0 Å². The first-order valence-corrected chi connectivity index (χ1v) is 7.57. The van der Waals surface area contributed by atoms with Gasteiger partial charge in [0.15, 0.2) is 0 Å². The minimum Gasteiger partial charge on any atom is -0.480 e. The van der Waals surface area contributed by atoms with Gasteiger partial charge in [0.2, 0.25) is 0 Å². The van der Waals surface area contributed by atoms with Gasteiger partial charge in [0, 0.05) is 4.88 Å². The van der Waals surface area contributed by atoms with Crippen LogP contribution in [0.4, 0.5) is 5.00 Å². The molecule has 0 radical (unpaired) electrons. The van der Waals surface area contributed by atoms with Crippen molar-refractivity contribution in [3.05, 3.63) is 16.0 Å². The van der Waals surface area contributed by atoms with Gasteiger partial charge in [-0.15, -0.1) is 11.3 Å². The maximum atomic E-state index is 11.7. The molecule has 1 heterocycles. The zero-order valence-electron chi connectivity index (χ0n) is 11.5. The second kappa shape index (κ2) is 7.20. The normalized spacial score (nSPS) is 13.9. The lowest BCUT2D eigenvalue weighted by Crippen LogP contribution is -2.20. The quantitative estimate of drug-likeness (QED) is 0.810. The predicted molar refractivity (Wildman–Crippen MR) is 77.4 cm³/mol. The number of ether oxygens (including phenoxy) is 1. The molecule has 0 saturated carbocycles. The Balaban J connectivity index is 2.05. The number of anilines is 1. The number of rotatable bonds is 5. The molecule has 0 atom stereocenters. The molecule has 0 spiro atoms. The van der Waals surface area contributed by atoms with E-state index in [2.05, 4.69) is 11.4 Å². The Morgan fingerprint density at radius 2 is 2.05 bits per heavy atom. The minimum atomic E-state index is -1.12.